The summed E-state index contributed by atoms with van der Waals surface area (Å²) in [5.41, 5.74) is 1.71. The summed E-state index contributed by atoms with van der Waals surface area (Å²) in [6, 6.07) is 4.06. The molecular formula is C12H16BrN3O2. The molecule has 1 fully saturated rings. The Morgan fingerprint density at radius 2 is 2.17 bits per heavy atom. The Balaban J connectivity index is 1.94. The van der Waals surface area contributed by atoms with Gasteiger partial charge in [-0.3, -0.25) is 10.1 Å². The number of nitrogens with zero attached hydrogens (tertiary/aromatic N) is 1. The van der Waals surface area contributed by atoms with E-state index in [4.69, 9.17) is 0 Å². The molecule has 5 nitrogen and oxygen atoms in total. The lowest BCUT2D eigenvalue weighted by atomic mass is 10.2. The third-order valence-electron chi connectivity index (χ3n) is 2.93. The second kappa shape index (κ2) is 5.67. The third kappa shape index (κ3) is 3.43. The summed E-state index contributed by atoms with van der Waals surface area (Å²) in [5, 5.41) is 17.5. The van der Waals surface area contributed by atoms with E-state index in [9.17, 15) is 10.1 Å². The van der Waals surface area contributed by atoms with Crippen molar-refractivity contribution in [2.75, 3.05) is 18.4 Å². The molecule has 1 aromatic rings. The van der Waals surface area contributed by atoms with E-state index >= 15 is 0 Å². The van der Waals surface area contributed by atoms with Gasteiger partial charge in [0.05, 0.1) is 4.92 Å². The minimum Gasteiger partial charge on any atom is -0.383 e. The highest BCUT2D eigenvalue weighted by atomic mass is 79.9. The predicted octanol–water partition coefficient (Wildman–Crippen LogP) is 2.83. The van der Waals surface area contributed by atoms with Gasteiger partial charge in [-0.2, -0.15) is 0 Å². The van der Waals surface area contributed by atoms with E-state index in [1.54, 1.807) is 19.1 Å². The SMILES string of the molecule is Cc1cc(NCCNC2CC2)c(Br)cc1[N+](=O)[O-]. The van der Waals surface area contributed by atoms with Crippen LogP contribution in [0.3, 0.4) is 0 Å². The number of rotatable bonds is 6. The molecule has 1 aliphatic carbocycles. The van der Waals surface area contributed by atoms with Crippen LogP contribution in [0.15, 0.2) is 16.6 Å². The number of anilines is 1. The van der Waals surface area contributed by atoms with E-state index in [0.717, 1.165) is 23.2 Å². The Labute approximate surface area is 114 Å². The van der Waals surface area contributed by atoms with Crippen molar-refractivity contribution in [3.63, 3.8) is 0 Å². The van der Waals surface area contributed by atoms with Gasteiger partial charge in [0.15, 0.2) is 0 Å². The number of hydrogen-bond acceptors (Lipinski definition) is 4. The topological polar surface area (TPSA) is 67.2 Å². The first-order valence-corrected chi connectivity index (χ1v) is 6.79. The van der Waals surface area contributed by atoms with Gasteiger partial charge in [0.2, 0.25) is 0 Å². The number of nitrogens with one attached hydrogen (secondary N) is 2. The molecule has 0 saturated heterocycles. The van der Waals surface area contributed by atoms with Crippen LogP contribution in [0.25, 0.3) is 0 Å². The first kappa shape index (κ1) is 13.3. The Morgan fingerprint density at radius 3 is 2.78 bits per heavy atom. The molecule has 2 N–H and O–H groups in total. The molecule has 2 rings (SSSR count). The van der Waals surface area contributed by atoms with Gasteiger partial charge >= 0.3 is 0 Å². The van der Waals surface area contributed by atoms with Crippen LogP contribution in [0.5, 0.6) is 0 Å². The lowest BCUT2D eigenvalue weighted by Gasteiger charge is -2.10. The van der Waals surface area contributed by atoms with E-state index in [1.807, 2.05) is 0 Å². The van der Waals surface area contributed by atoms with Crippen molar-refractivity contribution < 1.29 is 4.92 Å². The summed E-state index contributed by atoms with van der Waals surface area (Å²) >= 11 is 3.36. The molecule has 1 aromatic carbocycles. The Kier molecular flexibility index (Phi) is 4.19. The molecule has 6 heteroatoms. The molecule has 0 aliphatic heterocycles. The fourth-order valence-electron chi connectivity index (χ4n) is 1.76. The zero-order valence-corrected chi connectivity index (χ0v) is 11.8. The predicted molar refractivity (Wildman–Crippen MR) is 75.0 cm³/mol. The summed E-state index contributed by atoms with van der Waals surface area (Å²) in [6.07, 6.45) is 2.56. The molecular weight excluding hydrogens is 298 g/mol. The van der Waals surface area contributed by atoms with Crippen LogP contribution in [0, 0.1) is 17.0 Å². The van der Waals surface area contributed by atoms with Crippen LogP contribution in [0.2, 0.25) is 0 Å². The zero-order valence-electron chi connectivity index (χ0n) is 10.2. The number of hydrogen-bond donors (Lipinski definition) is 2. The maximum atomic E-state index is 10.8. The highest BCUT2D eigenvalue weighted by Crippen LogP contribution is 2.30. The van der Waals surface area contributed by atoms with Crippen molar-refractivity contribution >= 4 is 27.3 Å². The third-order valence-corrected chi connectivity index (χ3v) is 3.59. The first-order valence-electron chi connectivity index (χ1n) is 5.99. The van der Waals surface area contributed by atoms with Crippen LogP contribution < -0.4 is 10.6 Å². The van der Waals surface area contributed by atoms with Gasteiger partial charge in [-0.25, -0.2) is 0 Å². The smallest absolute Gasteiger partial charge is 0.273 e. The van der Waals surface area contributed by atoms with Crippen molar-refractivity contribution in [2.24, 2.45) is 0 Å². The molecule has 0 amide bonds. The Bertz CT molecular complexity index is 461. The monoisotopic (exact) mass is 313 g/mol. The van der Waals surface area contributed by atoms with E-state index in [0.29, 0.717) is 11.6 Å². The molecule has 0 unspecified atom stereocenters. The fourth-order valence-corrected chi connectivity index (χ4v) is 2.24. The summed E-state index contributed by atoms with van der Waals surface area (Å²) in [7, 11) is 0. The van der Waals surface area contributed by atoms with Crippen LogP contribution in [0.1, 0.15) is 18.4 Å². The lowest BCUT2D eigenvalue weighted by molar-refractivity contribution is -0.385. The minimum atomic E-state index is -0.363. The molecule has 1 aliphatic rings. The van der Waals surface area contributed by atoms with E-state index in [-0.39, 0.29) is 10.6 Å². The Hall–Kier alpha value is -1.14. The average Bonchev–Trinajstić information content (AvgIpc) is 3.12. The summed E-state index contributed by atoms with van der Waals surface area (Å²) in [6.45, 7) is 3.47. The van der Waals surface area contributed by atoms with Gasteiger partial charge in [0, 0.05) is 40.9 Å². The van der Waals surface area contributed by atoms with Gasteiger partial charge in [-0.1, -0.05) is 0 Å². The van der Waals surface area contributed by atoms with Gasteiger partial charge in [-0.15, -0.1) is 0 Å². The fraction of sp³-hybridized carbons (Fsp3) is 0.500. The molecule has 0 aromatic heterocycles. The standard InChI is InChI=1S/C12H16BrN3O2/c1-8-6-11(10(13)7-12(8)16(17)18)15-5-4-14-9-2-3-9/h6-7,9,14-15H,2-5H2,1H3. The van der Waals surface area contributed by atoms with E-state index in [2.05, 4.69) is 26.6 Å². The molecule has 0 bridgehead atoms. The maximum Gasteiger partial charge on any atom is 0.273 e. The number of nitro benzene ring substituents is 1. The van der Waals surface area contributed by atoms with Crippen LogP contribution in [0.4, 0.5) is 11.4 Å². The normalized spacial score (nSPS) is 14.6. The summed E-state index contributed by atoms with van der Waals surface area (Å²) < 4.78 is 0.728. The van der Waals surface area contributed by atoms with E-state index < -0.39 is 0 Å². The second-order valence-corrected chi connectivity index (χ2v) is 5.39. The average molecular weight is 314 g/mol. The Morgan fingerprint density at radius 1 is 1.44 bits per heavy atom. The number of benzene rings is 1. The molecule has 0 heterocycles. The van der Waals surface area contributed by atoms with Crippen molar-refractivity contribution in [1.29, 1.82) is 0 Å². The van der Waals surface area contributed by atoms with Crippen LogP contribution >= 0.6 is 15.9 Å². The van der Waals surface area contributed by atoms with Gasteiger partial charge in [0.1, 0.15) is 0 Å². The summed E-state index contributed by atoms with van der Waals surface area (Å²) in [5.74, 6) is 0. The first-order chi connectivity index (χ1) is 8.58. The molecule has 0 atom stereocenters. The van der Waals surface area contributed by atoms with E-state index in [1.165, 1.54) is 12.8 Å². The van der Waals surface area contributed by atoms with Crippen molar-refractivity contribution in [1.82, 2.24) is 5.32 Å². The van der Waals surface area contributed by atoms with Crippen molar-refractivity contribution in [3.8, 4) is 0 Å². The summed E-state index contributed by atoms with van der Waals surface area (Å²) in [4.78, 5) is 10.4. The zero-order chi connectivity index (χ0) is 13.1. The molecule has 0 radical (unpaired) electrons. The molecule has 98 valence electrons. The molecule has 1 saturated carbocycles. The van der Waals surface area contributed by atoms with Crippen LogP contribution in [-0.2, 0) is 0 Å². The maximum absolute atomic E-state index is 10.8. The largest absolute Gasteiger partial charge is 0.383 e. The quantitative estimate of drug-likeness (QED) is 0.481. The van der Waals surface area contributed by atoms with Crippen LogP contribution in [-0.4, -0.2) is 24.1 Å². The second-order valence-electron chi connectivity index (χ2n) is 4.53. The van der Waals surface area contributed by atoms with Gasteiger partial charge in [-0.05, 0) is 41.8 Å². The van der Waals surface area contributed by atoms with Crippen molar-refractivity contribution in [2.45, 2.75) is 25.8 Å². The molecule has 0 spiro atoms. The van der Waals surface area contributed by atoms with Gasteiger partial charge in [0.25, 0.3) is 5.69 Å². The molecule has 18 heavy (non-hydrogen) atoms. The lowest BCUT2D eigenvalue weighted by Crippen LogP contribution is -2.24. The highest BCUT2D eigenvalue weighted by molar-refractivity contribution is 9.10. The number of aryl methyl sites for hydroxylation is 1. The van der Waals surface area contributed by atoms with Gasteiger partial charge < -0.3 is 10.6 Å². The highest BCUT2D eigenvalue weighted by Gasteiger charge is 2.19. The number of halogens is 1. The minimum absolute atomic E-state index is 0.142. The number of nitro groups is 1. The van der Waals surface area contributed by atoms with Crippen molar-refractivity contribution in [3.05, 3.63) is 32.3 Å².